The molecule has 1 rings (SSSR count). The minimum Gasteiger partial charge on any atom is -0.396 e. The van der Waals surface area contributed by atoms with Gasteiger partial charge in [0.1, 0.15) is 0 Å². The molecule has 0 spiro atoms. The fourth-order valence-corrected chi connectivity index (χ4v) is 2.57. The molecule has 0 saturated heterocycles. The molecule has 1 N–H and O–H groups in total. The van der Waals surface area contributed by atoms with Gasteiger partial charge in [-0.15, -0.1) is 0 Å². The Balaban J connectivity index is 2.28. The second kappa shape index (κ2) is 6.91. The highest BCUT2D eigenvalue weighted by Crippen LogP contribution is 2.21. The van der Waals surface area contributed by atoms with Gasteiger partial charge in [-0.2, -0.15) is 11.8 Å². The van der Waals surface area contributed by atoms with E-state index in [0.29, 0.717) is 18.4 Å². The molecule has 0 amide bonds. The topological polar surface area (TPSA) is 20.2 Å². The molecule has 2 unspecified atom stereocenters. The average Bonchev–Trinajstić information content (AvgIpc) is 2.29. The van der Waals surface area contributed by atoms with Crippen LogP contribution in [0.3, 0.4) is 0 Å². The van der Waals surface area contributed by atoms with Crippen molar-refractivity contribution in [1.29, 1.82) is 0 Å². The summed E-state index contributed by atoms with van der Waals surface area (Å²) in [6, 6.07) is 10.6. The molecular weight excluding hydrogens is 204 g/mol. The molecule has 2 atom stereocenters. The van der Waals surface area contributed by atoms with E-state index in [1.54, 1.807) is 0 Å². The molecule has 1 aromatic carbocycles. The minimum absolute atomic E-state index is 0.298. The van der Waals surface area contributed by atoms with Crippen molar-refractivity contribution >= 4 is 11.8 Å². The number of rotatable bonds is 6. The summed E-state index contributed by atoms with van der Waals surface area (Å²) in [5.74, 6) is 3.20. The maximum absolute atomic E-state index is 8.90. The minimum atomic E-state index is 0.298. The van der Waals surface area contributed by atoms with Gasteiger partial charge < -0.3 is 5.11 Å². The van der Waals surface area contributed by atoms with Gasteiger partial charge in [0.15, 0.2) is 0 Å². The van der Waals surface area contributed by atoms with Gasteiger partial charge in [0.2, 0.25) is 0 Å². The number of hydrogen-bond donors (Lipinski definition) is 1. The molecule has 1 aromatic rings. The predicted octanol–water partition coefficient (Wildman–Crippen LogP) is 3.15. The first-order valence-electron chi connectivity index (χ1n) is 5.47. The third-order valence-corrected chi connectivity index (χ3v) is 3.99. The molecule has 0 aliphatic rings. The van der Waals surface area contributed by atoms with E-state index in [1.807, 2.05) is 11.8 Å². The first-order valence-corrected chi connectivity index (χ1v) is 6.63. The monoisotopic (exact) mass is 224 g/mol. The molecule has 0 aromatic heterocycles. The highest BCUT2D eigenvalue weighted by molar-refractivity contribution is 7.99. The quantitative estimate of drug-likeness (QED) is 0.801. The molecule has 0 aliphatic carbocycles. The van der Waals surface area contributed by atoms with Crippen LogP contribution in [0.4, 0.5) is 0 Å². The molecule has 15 heavy (non-hydrogen) atoms. The van der Waals surface area contributed by atoms with E-state index < -0.39 is 0 Å². The summed E-state index contributed by atoms with van der Waals surface area (Å²) in [6.45, 7) is 4.64. The summed E-state index contributed by atoms with van der Waals surface area (Å²) in [4.78, 5) is 0. The van der Waals surface area contributed by atoms with Crippen LogP contribution in [0.2, 0.25) is 0 Å². The second-order valence-electron chi connectivity index (χ2n) is 4.14. The van der Waals surface area contributed by atoms with Gasteiger partial charge in [0, 0.05) is 6.61 Å². The zero-order valence-corrected chi connectivity index (χ0v) is 10.3. The van der Waals surface area contributed by atoms with Gasteiger partial charge in [0.05, 0.1) is 0 Å². The zero-order chi connectivity index (χ0) is 11.1. The van der Waals surface area contributed by atoms with Crippen molar-refractivity contribution in [2.24, 2.45) is 5.92 Å². The molecule has 1 nitrogen and oxygen atoms in total. The molecule has 0 saturated carbocycles. The third-order valence-electron chi connectivity index (χ3n) is 2.45. The van der Waals surface area contributed by atoms with E-state index in [4.69, 9.17) is 5.11 Å². The Labute approximate surface area is 96.9 Å². The Morgan fingerprint density at radius 1 is 1.13 bits per heavy atom. The van der Waals surface area contributed by atoms with E-state index >= 15 is 0 Å². The van der Waals surface area contributed by atoms with Crippen LogP contribution in [-0.2, 0) is 0 Å². The number of aliphatic hydroxyl groups is 1. The first kappa shape index (κ1) is 12.6. The van der Waals surface area contributed by atoms with Gasteiger partial charge in [-0.1, -0.05) is 44.2 Å². The van der Waals surface area contributed by atoms with Gasteiger partial charge in [0.25, 0.3) is 0 Å². The highest BCUT2D eigenvalue weighted by Gasteiger charge is 2.06. The highest BCUT2D eigenvalue weighted by atomic mass is 32.2. The molecular formula is C13H20OS. The van der Waals surface area contributed by atoms with Crippen molar-refractivity contribution in [2.45, 2.75) is 19.8 Å². The van der Waals surface area contributed by atoms with Crippen LogP contribution in [0.5, 0.6) is 0 Å². The lowest BCUT2D eigenvalue weighted by molar-refractivity contribution is 0.250. The molecule has 0 radical (unpaired) electrons. The van der Waals surface area contributed by atoms with E-state index in [1.165, 1.54) is 5.56 Å². The Kier molecular flexibility index (Phi) is 5.81. The molecule has 0 fully saturated rings. The van der Waals surface area contributed by atoms with E-state index in [0.717, 1.165) is 11.5 Å². The van der Waals surface area contributed by atoms with Crippen molar-refractivity contribution in [3.63, 3.8) is 0 Å². The summed E-state index contributed by atoms with van der Waals surface area (Å²) in [6.07, 6.45) is 0. The van der Waals surface area contributed by atoms with Gasteiger partial charge in [-0.3, -0.25) is 0 Å². The predicted molar refractivity (Wildman–Crippen MR) is 68.4 cm³/mol. The lowest BCUT2D eigenvalue weighted by Crippen LogP contribution is -2.05. The van der Waals surface area contributed by atoms with Gasteiger partial charge >= 0.3 is 0 Å². The number of aliphatic hydroxyl groups excluding tert-OH is 1. The fourth-order valence-electron chi connectivity index (χ4n) is 1.38. The van der Waals surface area contributed by atoms with Crippen molar-refractivity contribution in [1.82, 2.24) is 0 Å². The molecule has 0 aliphatic heterocycles. The van der Waals surface area contributed by atoms with Crippen LogP contribution < -0.4 is 0 Å². The lowest BCUT2D eigenvalue weighted by atomic mass is 10.0. The van der Waals surface area contributed by atoms with Crippen molar-refractivity contribution < 1.29 is 5.11 Å². The van der Waals surface area contributed by atoms with E-state index in [-0.39, 0.29) is 0 Å². The molecule has 84 valence electrons. The van der Waals surface area contributed by atoms with Crippen LogP contribution in [0, 0.1) is 5.92 Å². The normalized spacial score (nSPS) is 14.9. The SMILES string of the molecule is CC(CO)CSCC(C)c1ccccc1. The number of benzene rings is 1. The summed E-state index contributed by atoms with van der Waals surface area (Å²) in [5, 5.41) is 8.90. The Bertz CT molecular complexity index is 260. The summed E-state index contributed by atoms with van der Waals surface area (Å²) in [7, 11) is 0. The summed E-state index contributed by atoms with van der Waals surface area (Å²) >= 11 is 1.93. The zero-order valence-electron chi connectivity index (χ0n) is 9.52. The van der Waals surface area contributed by atoms with Crippen LogP contribution in [-0.4, -0.2) is 23.2 Å². The third kappa shape index (κ3) is 4.72. The van der Waals surface area contributed by atoms with Gasteiger partial charge in [-0.05, 0) is 28.9 Å². The molecule has 0 heterocycles. The Hall–Kier alpha value is -0.470. The average molecular weight is 224 g/mol. The van der Waals surface area contributed by atoms with Crippen LogP contribution in [0.15, 0.2) is 30.3 Å². The maximum Gasteiger partial charge on any atom is 0.0464 e. The smallest absolute Gasteiger partial charge is 0.0464 e. The van der Waals surface area contributed by atoms with Crippen LogP contribution >= 0.6 is 11.8 Å². The molecule has 2 heteroatoms. The molecule has 0 bridgehead atoms. The summed E-state index contributed by atoms with van der Waals surface area (Å²) in [5.41, 5.74) is 1.40. The first-order chi connectivity index (χ1) is 7.24. The van der Waals surface area contributed by atoms with Crippen LogP contribution in [0.1, 0.15) is 25.3 Å². The largest absolute Gasteiger partial charge is 0.396 e. The van der Waals surface area contributed by atoms with E-state index in [2.05, 4.69) is 44.2 Å². The van der Waals surface area contributed by atoms with Crippen LogP contribution in [0.25, 0.3) is 0 Å². The van der Waals surface area contributed by atoms with E-state index in [9.17, 15) is 0 Å². The van der Waals surface area contributed by atoms with Crippen molar-refractivity contribution in [2.75, 3.05) is 18.1 Å². The summed E-state index contributed by atoms with van der Waals surface area (Å²) < 4.78 is 0. The van der Waals surface area contributed by atoms with Crippen molar-refractivity contribution in [3.8, 4) is 0 Å². The Morgan fingerprint density at radius 3 is 2.40 bits per heavy atom. The number of thioether (sulfide) groups is 1. The lowest BCUT2D eigenvalue weighted by Gasteiger charge is -2.13. The van der Waals surface area contributed by atoms with Gasteiger partial charge in [-0.25, -0.2) is 0 Å². The Morgan fingerprint density at radius 2 is 1.80 bits per heavy atom. The standard InChI is InChI=1S/C13H20OS/c1-11(8-14)9-15-10-12(2)13-6-4-3-5-7-13/h3-7,11-12,14H,8-10H2,1-2H3. The fraction of sp³-hybridized carbons (Fsp3) is 0.538. The maximum atomic E-state index is 8.90. The number of hydrogen-bond acceptors (Lipinski definition) is 2. The van der Waals surface area contributed by atoms with Crippen molar-refractivity contribution in [3.05, 3.63) is 35.9 Å². The second-order valence-corrected chi connectivity index (χ2v) is 5.21.